The fourth-order valence-electron chi connectivity index (χ4n) is 4.56. The Labute approximate surface area is 115 Å². The zero-order valence-electron chi connectivity index (χ0n) is 10.7. The van der Waals surface area contributed by atoms with Crippen LogP contribution in [-0.4, -0.2) is 34.2 Å². The molecular weight excluding hydrogens is 258 g/mol. The lowest BCUT2D eigenvalue weighted by atomic mass is 9.78. The fraction of sp³-hybridized carbons (Fsp3) is 0.467. The van der Waals surface area contributed by atoms with Crippen LogP contribution >= 0.6 is 0 Å². The molecule has 104 valence electrons. The first-order valence-electron chi connectivity index (χ1n) is 6.90. The number of hydrogen-bond acceptors (Lipinski definition) is 3. The molecule has 3 fully saturated rings. The number of carboxylic acid groups (broad SMARTS) is 1. The molecule has 0 unspecified atom stereocenters. The molecule has 0 aromatic heterocycles. The van der Waals surface area contributed by atoms with Gasteiger partial charge in [-0.05, 0) is 24.5 Å². The van der Waals surface area contributed by atoms with Crippen LogP contribution in [0.4, 0.5) is 5.69 Å². The summed E-state index contributed by atoms with van der Waals surface area (Å²) in [5.74, 6) is -2.60. The molecule has 1 aromatic rings. The van der Waals surface area contributed by atoms with Crippen LogP contribution in [0.5, 0.6) is 0 Å². The topological polar surface area (TPSA) is 77.8 Å². The number of rotatable bonds is 2. The van der Waals surface area contributed by atoms with E-state index in [1.165, 1.54) is 0 Å². The zero-order valence-corrected chi connectivity index (χ0v) is 10.7. The van der Waals surface area contributed by atoms with Crippen LogP contribution in [0.15, 0.2) is 30.3 Å². The van der Waals surface area contributed by atoms with Crippen LogP contribution in [-0.2, 0) is 9.59 Å². The van der Waals surface area contributed by atoms with Gasteiger partial charge in [0.25, 0.3) is 0 Å². The number of hydrogen-bond donors (Lipinski definition) is 2. The van der Waals surface area contributed by atoms with Crippen molar-refractivity contribution in [2.45, 2.75) is 18.6 Å². The SMILES string of the molecule is O=C(O)[C@H]1[C@@H]2C[C@@H]3[C@H]1C(=O)N(c1ccccc1)[C@@H]3[C@H]2O. The average Bonchev–Trinajstić information content (AvgIpc) is 3.02. The average molecular weight is 273 g/mol. The van der Waals surface area contributed by atoms with E-state index in [9.17, 15) is 19.8 Å². The Morgan fingerprint density at radius 3 is 2.55 bits per heavy atom. The number of nitrogens with zero attached hydrogens (tertiary/aromatic N) is 1. The number of benzene rings is 1. The summed E-state index contributed by atoms with van der Waals surface area (Å²) in [6.45, 7) is 0. The minimum absolute atomic E-state index is 0.0243. The Bertz CT molecular complexity index is 587. The second kappa shape index (κ2) is 3.82. The lowest BCUT2D eigenvalue weighted by Crippen LogP contribution is -2.44. The number of carboxylic acids is 1. The quantitative estimate of drug-likeness (QED) is 0.832. The van der Waals surface area contributed by atoms with Crippen molar-refractivity contribution in [2.75, 3.05) is 4.90 Å². The van der Waals surface area contributed by atoms with Gasteiger partial charge in [0.05, 0.1) is 24.0 Å². The standard InChI is InChI=1S/C15H15NO4/c17-13-9-6-8-10(11(9)15(19)20)14(18)16(12(8)13)7-4-2-1-3-5-7/h1-5,8-13,17H,6H2,(H,19,20)/t8-,9+,10-,11+,12+,13+/m1/s1. The fourth-order valence-corrected chi connectivity index (χ4v) is 4.56. The van der Waals surface area contributed by atoms with Crippen LogP contribution in [0.25, 0.3) is 0 Å². The van der Waals surface area contributed by atoms with Crippen LogP contribution in [0.3, 0.4) is 0 Å². The highest BCUT2D eigenvalue weighted by molar-refractivity contribution is 6.02. The van der Waals surface area contributed by atoms with E-state index in [1.54, 1.807) is 4.90 Å². The highest BCUT2D eigenvalue weighted by atomic mass is 16.4. The molecule has 3 aliphatic rings. The van der Waals surface area contributed by atoms with Gasteiger partial charge in [0.15, 0.2) is 0 Å². The van der Waals surface area contributed by atoms with Crippen molar-refractivity contribution in [3.8, 4) is 0 Å². The van der Waals surface area contributed by atoms with Crippen LogP contribution < -0.4 is 4.90 Å². The van der Waals surface area contributed by atoms with E-state index in [2.05, 4.69) is 0 Å². The number of para-hydroxylation sites is 1. The molecule has 1 saturated heterocycles. The third-order valence-electron chi connectivity index (χ3n) is 5.22. The molecular formula is C15H15NO4. The van der Waals surface area contributed by atoms with Gasteiger partial charge in [0, 0.05) is 11.6 Å². The summed E-state index contributed by atoms with van der Waals surface area (Å²) in [4.78, 5) is 25.7. The van der Waals surface area contributed by atoms with E-state index >= 15 is 0 Å². The van der Waals surface area contributed by atoms with E-state index in [0.29, 0.717) is 6.42 Å². The van der Waals surface area contributed by atoms with E-state index in [1.807, 2.05) is 30.3 Å². The van der Waals surface area contributed by atoms with Gasteiger partial charge < -0.3 is 15.1 Å². The summed E-state index contributed by atoms with van der Waals surface area (Å²) in [5, 5.41) is 19.8. The molecule has 2 N–H and O–H groups in total. The molecule has 6 atom stereocenters. The summed E-state index contributed by atoms with van der Waals surface area (Å²) >= 11 is 0. The smallest absolute Gasteiger partial charge is 0.307 e. The molecule has 1 heterocycles. The molecule has 0 spiro atoms. The van der Waals surface area contributed by atoms with Gasteiger partial charge in [-0.15, -0.1) is 0 Å². The molecule has 5 heteroatoms. The number of carbonyl (C=O) groups is 2. The first-order valence-corrected chi connectivity index (χ1v) is 6.90. The zero-order chi connectivity index (χ0) is 14.0. The maximum atomic E-state index is 12.6. The third kappa shape index (κ3) is 1.26. The molecule has 20 heavy (non-hydrogen) atoms. The molecule has 1 amide bonds. The van der Waals surface area contributed by atoms with Crippen LogP contribution in [0, 0.1) is 23.7 Å². The van der Waals surface area contributed by atoms with Crippen LogP contribution in [0.1, 0.15) is 6.42 Å². The van der Waals surface area contributed by atoms with Crippen molar-refractivity contribution in [2.24, 2.45) is 23.7 Å². The van der Waals surface area contributed by atoms with Crippen molar-refractivity contribution in [3.63, 3.8) is 0 Å². The summed E-state index contributed by atoms with van der Waals surface area (Å²) in [5.41, 5.74) is 0.751. The minimum atomic E-state index is -0.955. The predicted molar refractivity (Wildman–Crippen MR) is 69.9 cm³/mol. The van der Waals surface area contributed by atoms with Crippen molar-refractivity contribution < 1.29 is 19.8 Å². The van der Waals surface area contributed by atoms with E-state index < -0.39 is 23.9 Å². The van der Waals surface area contributed by atoms with Gasteiger partial charge in [-0.3, -0.25) is 9.59 Å². The van der Waals surface area contributed by atoms with Crippen LogP contribution in [0.2, 0.25) is 0 Å². The number of carbonyl (C=O) groups excluding carboxylic acids is 1. The largest absolute Gasteiger partial charge is 0.481 e. The number of amides is 1. The lowest BCUT2D eigenvalue weighted by Gasteiger charge is -2.30. The van der Waals surface area contributed by atoms with Gasteiger partial charge >= 0.3 is 5.97 Å². The predicted octanol–water partition coefficient (Wildman–Crippen LogP) is 0.729. The Balaban J connectivity index is 1.80. The Kier molecular flexibility index (Phi) is 2.27. The third-order valence-corrected chi connectivity index (χ3v) is 5.22. The molecule has 2 saturated carbocycles. The van der Waals surface area contributed by atoms with Gasteiger partial charge in [-0.1, -0.05) is 18.2 Å². The maximum absolute atomic E-state index is 12.6. The highest BCUT2D eigenvalue weighted by Crippen LogP contribution is 2.59. The molecule has 5 nitrogen and oxygen atoms in total. The number of aliphatic hydroxyl groups excluding tert-OH is 1. The molecule has 2 bridgehead atoms. The molecule has 2 aliphatic carbocycles. The van der Waals surface area contributed by atoms with E-state index in [4.69, 9.17) is 0 Å². The van der Waals surface area contributed by atoms with Crippen molar-refractivity contribution in [3.05, 3.63) is 30.3 Å². The van der Waals surface area contributed by atoms with Crippen molar-refractivity contribution in [1.82, 2.24) is 0 Å². The summed E-state index contributed by atoms with van der Waals surface area (Å²) < 4.78 is 0. The lowest BCUT2D eigenvalue weighted by molar-refractivity contribution is -0.149. The Morgan fingerprint density at radius 2 is 1.90 bits per heavy atom. The minimum Gasteiger partial charge on any atom is -0.481 e. The molecule has 0 radical (unpaired) electrons. The normalized spacial score (nSPS) is 41.5. The molecule has 1 aliphatic heterocycles. The Morgan fingerprint density at radius 1 is 1.20 bits per heavy atom. The van der Waals surface area contributed by atoms with Gasteiger partial charge in [-0.25, -0.2) is 0 Å². The Hall–Kier alpha value is -1.88. The highest BCUT2D eigenvalue weighted by Gasteiger charge is 2.69. The van der Waals surface area contributed by atoms with Gasteiger partial charge in [0.2, 0.25) is 5.91 Å². The maximum Gasteiger partial charge on any atom is 0.307 e. The number of fused-ring (bicyclic) bond motifs is 1. The van der Waals surface area contributed by atoms with Crippen molar-refractivity contribution in [1.29, 1.82) is 0 Å². The van der Waals surface area contributed by atoms with E-state index in [0.717, 1.165) is 5.69 Å². The van der Waals surface area contributed by atoms with Gasteiger partial charge in [-0.2, -0.15) is 0 Å². The second-order valence-electron chi connectivity index (χ2n) is 5.98. The number of aliphatic hydroxyl groups is 1. The summed E-state index contributed by atoms with van der Waals surface area (Å²) in [7, 11) is 0. The molecule has 1 aromatic carbocycles. The monoisotopic (exact) mass is 273 g/mol. The number of aliphatic carboxylic acids is 1. The van der Waals surface area contributed by atoms with E-state index in [-0.39, 0.29) is 23.8 Å². The first-order chi connectivity index (χ1) is 9.61. The summed E-state index contributed by atoms with van der Waals surface area (Å²) in [6, 6.07) is 8.96. The summed E-state index contributed by atoms with van der Waals surface area (Å²) in [6.07, 6.45) is -0.0910. The first kappa shape index (κ1) is 11.9. The van der Waals surface area contributed by atoms with Crippen molar-refractivity contribution >= 4 is 17.6 Å². The molecule has 4 rings (SSSR count). The van der Waals surface area contributed by atoms with Gasteiger partial charge in [0.1, 0.15) is 0 Å². The number of anilines is 1. The second-order valence-corrected chi connectivity index (χ2v) is 5.98.